The third kappa shape index (κ3) is 4.01. The monoisotopic (exact) mass is 388 g/mol. The minimum atomic E-state index is -0.585. The summed E-state index contributed by atoms with van der Waals surface area (Å²) in [6.45, 7) is 0.876. The summed E-state index contributed by atoms with van der Waals surface area (Å²) in [7, 11) is 1.71. The number of hydrogen-bond donors (Lipinski definition) is 2. The maximum absolute atomic E-state index is 12.9. The Bertz CT molecular complexity index is 857. The van der Waals surface area contributed by atoms with Gasteiger partial charge in [0.05, 0.1) is 10.6 Å². The standard InChI is InChI=1S/C20H21ClN2O4/c1-22(12-13-6-3-2-4-7-13)20(27)16-8-5-9-23(16)19(26)14-10-15(21)18(25)11-17(14)24/h2-4,6-7,10-11,16,24-25H,5,8-9,12H2,1H3/t16-/m1/s1. The van der Waals surface area contributed by atoms with Crippen molar-refractivity contribution in [2.24, 2.45) is 0 Å². The molecule has 0 aliphatic carbocycles. The Morgan fingerprint density at radius 2 is 1.89 bits per heavy atom. The number of phenols is 2. The highest BCUT2D eigenvalue weighted by molar-refractivity contribution is 6.32. The number of phenolic OH excluding ortho intramolecular Hbond substituents is 2. The number of amides is 2. The van der Waals surface area contributed by atoms with Crippen LogP contribution < -0.4 is 0 Å². The number of likely N-dealkylation sites (tertiary alicyclic amines) is 1. The van der Waals surface area contributed by atoms with E-state index in [0.717, 1.165) is 11.6 Å². The number of halogens is 1. The zero-order valence-electron chi connectivity index (χ0n) is 14.9. The summed E-state index contributed by atoms with van der Waals surface area (Å²) in [5, 5.41) is 19.5. The summed E-state index contributed by atoms with van der Waals surface area (Å²) >= 11 is 5.87. The Morgan fingerprint density at radius 3 is 2.59 bits per heavy atom. The Labute approximate surface area is 162 Å². The topological polar surface area (TPSA) is 81.1 Å². The highest BCUT2D eigenvalue weighted by Gasteiger charge is 2.37. The molecule has 0 bridgehead atoms. The minimum absolute atomic E-state index is 0.0248. The van der Waals surface area contributed by atoms with Gasteiger partial charge in [0.2, 0.25) is 5.91 Å². The van der Waals surface area contributed by atoms with E-state index in [1.807, 2.05) is 30.3 Å². The van der Waals surface area contributed by atoms with Gasteiger partial charge in [0.25, 0.3) is 5.91 Å². The molecule has 0 unspecified atom stereocenters. The van der Waals surface area contributed by atoms with Crippen LogP contribution >= 0.6 is 11.6 Å². The van der Waals surface area contributed by atoms with Crippen LogP contribution in [-0.4, -0.2) is 51.5 Å². The molecule has 1 heterocycles. The number of likely N-dealkylation sites (N-methyl/N-ethyl adjacent to an activating group) is 1. The molecule has 142 valence electrons. The van der Waals surface area contributed by atoms with Gasteiger partial charge in [-0.25, -0.2) is 0 Å². The molecule has 1 fully saturated rings. The molecule has 1 aliphatic rings. The maximum Gasteiger partial charge on any atom is 0.258 e. The van der Waals surface area contributed by atoms with Crippen LogP contribution in [0.25, 0.3) is 0 Å². The van der Waals surface area contributed by atoms with Crippen LogP contribution in [0.3, 0.4) is 0 Å². The summed E-state index contributed by atoms with van der Waals surface area (Å²) in [5.74, 6) is -1.28. The van der Waals surface area contributed by atoms with E-state index < -0.39 is 11.9 Å². The van der Waals surface area contributed by atoms with E-state index in [0.29, 0.717) is 25.9 Å². The van der Waals surface area contributed by atoms with E-state index in [4.69, 9.17) is 11.6 Å². The fourth-order valence-electron chi connectivity index (χ4n) is 3.33. The fraction of sp³-hybridized carbons (Fsp3) is 0.300. The Balaban J connectivity index is 1.77. The number of carbonyl (C=O) groups is 2. The zero-order valence-corrected chi connectivity index (χ0v) is 15.7. The Morgan fingerprint density at radius 1 is 1.19 bits per heavy atom. The summed E-state index contributed by atoms with van der Waals surface area (Å²) in [4.78, 5) is 28.9. The molecule has 3 rings (SSSR count). The van der Waals surface area contributed by atoms with Crippen LogP contribution in [0.1, 0.15) is 28.8 Å². The van der Waals surface area contributed by atoms with E-state index in [-0.39, 0.29) is 28.0 Å². The molecule has 2 aromatic rings. The molecule has 0 radical (unpaired) electrons. The molecular weight excluding hydrogens is 368 g/mol. The number of carbonyl (C=O) groups excluding carboxylic acids is 2. The van der Waals surface area contributed by atoms with Crippen LogP contribution in [-0.2, 0) is 11.3 Å². The van der Waals surface area contributed by atoms with Gasteiger partial charge >= 0.3 is 0 Å². The summed E-state index contributed by atoms with van der Waals surface area (Å²) < 4.78 is 0. The third-order valence-electron chi connectivity index (χ3n) is 4.73. The van der Waals surface area contributed by atoms with Crippen molar-refractivity contribution < 1.29 is 19.8 Å². The first-order valence-electron chi connectivity index (χ1n) is 8.70. The second kappa shape index (κ2) is 7.88. The second-order valence-corrected chi connectivity index (χ2v) is 7.06. The third-order valence-corrected chi connectivity index (χ3v) is 5.04. The van der Waals surface area contributed by atoms with Gasteiger partial charge in [0, 0.05) is 26.2 Å². The molecule has 2 N–H and O–H groups in total. The lowest BCUT2D eigenvalue weighted by Gasteiger charge is -2.28. The van der Waals surface area contributed by atoms with Gasteiger partial charge in [-0.05, 0) is 24.5 Å². The van der Waals surface area contributed by atoms with Crippen LogP contribution in [0.2, 0.25) is 5.02 Å². The second-order valence-electron chi connectivity index (χ2n) is 6.66. The largest absolute Gasteiger partial charge is 0.507 e. The van der Waals surface area contributed by atoms with Crippen molar-refractivity contribution in [2.45, 2.75) is 25.4 Å². The first-order valence-corrected chi connectivity index (χ1v) is 9.07. The van der Waals surface area contributed by atoms with E-state index >= 15 is 0 Å². The lowest BCUT2D eigenvalue weighted by Crippen LogP contribution is -2.46. The average Bonchev–Trinajstić information content (AvgIpc) is 3.14. The Kier molecular flexibility index (Phi) is 5.56. The van der Waals surface area contributed by atoms with Crippen molar-refractivity contribution in [3.8, 4) is 11.5 Å². The van der Waals surface area contributed by atoms with Gasteiger partial charge < -0.3 is 20.0 Å². The molecule has 2 amide bonds. The van der Waals surface area contributed by atoms with E-state index in [1.165, 1.54) is 11.0 Å². The number of benzene rings is 2. The molecular formula is C20H21ClN2O4. The molecule has 1 saturated heterocycles. The quantitative estimate of drug-likeness (QED) is 0.843. The van der Waals surface area contributed by atoms with Gasteiger partial charge in [-0.1, -0.05) is 41.9 Å². The van der Waals surface area contributed by atoms with Gasteiger partial charge in [0.1, 0.15) is 17.5 Å². The van der Waals surface area contributed by atoms with Crippen LogP contribution in [0.5, 0.6) is 11.5 Å². The SMILES string of the molecule is CN(Cc1ccccc1)C(=O)[C@H]1CCCN1C(=O)c1cc(Cl)c(O)cc1O. The summed E-state index contributed by atoms with van der Waals surface area (Å²) in [6, 6.07) is 11.3. The average molecular weight is 389 g/mol. The van der Waals surface area contributed by atoms with Gasteiger partial charge in [0.15, 0.2) is 0 Å². The molecule has 0 aromatic heterocycles. The number of rotatable bonds is 4. The molecule has 6 nitrogen and oxygen atoms in total. The van der Waals surface area contributed by atoms with Gasteiger partial charge in [-0.2, -0.15) is 0 Å². The van der Waals surface area contributed by atoms with Crippen molar-refractivity contribution >= 4 is 23.4 Å². The highest BCUT2D eigenvalue weighted by Crippen LogP contribution is 2.33. The molecule has 1 aliphatic heterocycles. The van der Waals surface area contributed by atoms with Crippen molar-refractivity contribution in [2.75, 3.05) is 13.6 Å². The van der Waals surface area contributed by atoms with E-state index in [1.54, 1.807) is 11.9 Å². The lowest BCUT2D eigenvalue weighted by molar-refractivity contribution is -0.134. The lowest BCUT2D eigenvalue weighted by atomic mass is 10.1. The van der Waals surface area contributed by atoms with Gasteiger partial charge in [-0.15, -0.1) is 0 Å². The fourth-order valence-corrected chi connectivity index (χ4v) is 3.50. The molecule has 0 saturated carbocycles. The molecule has 27 heavy (non-hydrogen) atoms. The van der Waals surface area contributed by atoms with Gasteiger partial charge in [-0.3, -0.25) is 9.59 Å². The predicted octanol–water partition coefficient (Wildman–Crippen LogP) is 3.01. The van der Waals surface area contributed by atoms with Crippen molar-refractivity contribution in [3.05, 3.63) is 58.6 Å². The van der Waals surface area contributed by atoms with Crippen LogP contribution in [0, 0.1) is 0 Å². The first-order chi connectivity index (χ1) is 12.9. The summed E-state index contributed by atoms with van der Waals surface area (Å²) in [6.07, 6.45) is 1.27. The highest BCUT2D eigenvalue weighted by atomic mass is 35.5. The number of hydrogen-bond acceptors (Lipinski definition) is 4. The molecule has 7 heteroatoms. The normalized spacial score (nSPS) is 16.4. The zero-order chi connectivity index (χ0) is 19.6. The first kappa shape index (κ1) is 19.0. The van der Waals surface area contributed by atoms with Crippen LogP contribution in [0.4, 0.5) is 0 Å². The number of nitrogens with zero attached hydrogens (tertiary/aromatic N) is 2. The molecule has 1 atom stereocenters. The van der Waals surface area contributed by atoms with E-state index in [2.05, 4.69) is 0 Å². The van der Waals surface area contributed by atoms with Crippen molar-refractivity contribution in [3.63, 3.8) is 0 Å². The maximum atomic E-state index is 12.9. The summed E-state index contributed by atoms with van der Waals surface area (Å²) in [5.41, 5.74) is 0.982. The van der Waals surface area contributed by atoms with Crippen molar-refractivity contribution in [1.29, 1.82) is 0 Å². The molecule has 2 aromatic carbocycles. The predicted molar refractivity (Wildman–Crippen MR) is 102 cm³/mol. The smallest absolute Gasteiger partial charge is 0.258 e. The molecule has 0 spiro atoms. The van der Waals surface area contributed by atoms with Crippen molar-refractivity contribution in [1.82, 2.24) is 9.80 Å². The Hall–Kier alpha value is -2.73. The number of aromatic hydroxyl groups is 2. The van der Waals surface area contributed by atoms with Crippen LogP contribution in [0.15, 0.2) is 42.5 Å². The van der Waals surface area contributed by atoms with E-state index in [9.17, 15) is 19.8 Å². The minimum Gasteiger partial charge on any atom is -0.507 e.